The normalized spacial score (nSPS) is 14.7. The first kappa shape index (κ1) is 28.2. The number of nitrogens with one attached hydrogen (secondary N) is 3. The zero-order valence-electron chi connectivity index (χ0n) is 20.6. The molecule has 0 saturated heterocycles. The molecule has 0 fully saturated rings. The van der Waals surface area contributed by atoms with Crippen LogP contribution in [-0.2, 0) is 16.0 Å². The fourth-order valence-corrected chi connectivity index (χ4v) is 4.99. The van der Waals surface area contributed by atoms with Gasteiger partial charge in [-0.2, -0.15) is 0 Å². The largest absolute Gasteiger partial charge is 0.357 e. The molecule has 1 aromatic heterocycles. The number of ketones is 1. The van der Waals surface area contributed by atoms with Crippen LogP contribution in [0.5, 0.6) is 0 Å². The molecule has 0 saturated carbocycles. The first-order valence-electron chi connectivity index (χ1n) is 11.7. The van der Waals surface area contributed by atoms with Crippen LogP contribution in [0.1, 0.15) is 64.3 Å². The number of hydrogen-bond acceptors (Lipinski definition) is 4. The topological polar surface area (TPSA) is 109 Å². The lowest BCUT2D eigenvalue weighted by molar-refractivity contribution is -0.132. The number of amides is 3. The first-order valence-corrected chi connectivity index (χ1v) is 12.1. The summed E-state index contributed by atoms with van der Waals surface area (Å²) in [6.45, 7) is 1.31. The molecule has 0 spiro atoms. The van der Waals surface area contributed by atoms with Crippen molar-refractivity contribution in [3.05, 3.63) is 51.6 Å². The Morgan fingerprint density at radius 3 is 2.38 bits per heavy atom. The number of alkyl halides is 2. The SMILES string of the molecule is CNC(=O)C(CCF)(CCF)NC(=O)C(=O)c1c(C)c(C(=O)Nc2ccc(F)c(Cl)c2)n2c1CCC2C. The van der Waals surface area contributed by atoms with E-state index in [4.69, 9.17) is 11.6 Å². The Bertz CT molecular complexity index is 1240. The Morgan fingerprint density at radius 1 is 1.16 bits per heavy atom. The highest BCUT2D eigenvalue weighted by Crippen LogP contribution is 2.36. The monoisotopic (exact) mass is 540 g/mol. The number of Topliss-reactive ketones (excluding diaryl/α,β-unsaturated/α-hetero) is 1. The number of aromatic nitrogens is 1. The quantitative estimate of drug-likeness (QED) is 0.314. The third-order valence-corrected chi connectivity index (χ3v) is 6.96. The summed E-state index contributed by atoms with van der Waals surface area (Å²) in [7, 11) is 1.26. The minimum Gasteiger partial charge on any atom is -0.357 e. The van der Waals surface area contributed by atoms with Crippen molar-refractivity contribution in [3.63, 3.8) is 0 Å². The van der Waals surface area contributed by atoms with Crippen LogP contribution in [0.4, 0.5) is 18.9 Å². The van der Waals surface area contributed by atoms with Crippen LogP contribution in [0.15, 0.2) is 18.2 Å². The van der Waals surface area contributed by atoms with Crippen molar-refractivity contribution in [2.45, 2.75) is 51.1 Å². The van der Waals surface area contributed by atoms with Gasteiger partial charge >= 0.3 is 0 Å². The average molecular weight is 541 g/mol. The van der Waals surface area contributed by atoms with E-state index in [1.165, 1.54) is 26.1 Å². The van der Waals surface area contributed by atoms with Gasteiger partial charge in [0.1, 0.15) is 17.1 Å². The molecule has 1 aliphatic rings. The lowest BCUT2D eigenvalue weighted by Gasteiger charge is -2.31. The molecular weight excluding hydrogens is 513 g/mol. The Labute approximate surface area is 216 Å². The second-order valence-corrected chi connectivity index (χ2v) is 9.37. The number of anilines is 1. The number of halogens is 4. The van der Waals surface area contributed by atoms with Gasteiger partial charge in [-0.15, -0.1) is 0 Å². The molecule has 1 aromatic carbocycles. The summed E-state index contributed by atoms with van der Waals surface area (Å²) < 4.78 is 41.7. The summed E-state index contributed by atoms with van der Waals surface area (Å²) in [5.41, 5.74) is -0.882. The van der Waals surface area contributed by atoms with Gasteiger partial charge in [0.25, 0.3) is 17.6 Å². The van der Waals surface area contributed by atoms with Gasteiger partial charge < -0.3 is 20.5 Å². The molecule has 3 amide bonds. The molecule has 3 N–H and O–H groups in total. The zero-order valence-corrected chi connectivity index (χ0v) is 21.4. The molecule has 1 unspecified atom stereocenters. The molecule has 12 heteroatoms. The molecule has 37 heavy (non-hydrogen) atoms. The molecule has 2 aromatic rings. The van der Waals surface area contributed by atoms with Crippen molar-refractivity contribution in [2.75, 3.05) is 25.7 Å². The highest BCUT2D eigenvalue weighted by molar-refractivity contribution is 6.44. The van der Waals surface area contributed by atoms with E-state index in [1.54, 1.807) is 4.57 Å². The standard InChI is InChI=1S/C25H28ClF3N4O4/c1-13-4-7-18-19(21(34)23(36)32-25(8-10-27,9-11-28)24(37)30-3)14(2)20(33(13)18)22(35)31-15-5-6-17(29)16(26)12-15/h5-6,12-13H,4,7-11H2,1-3H3,(H,30,37)(H,31,35)(H,32,36). The average Bonchev–Trinajstić information content (AvgIpc) is 3.36. The van der Waals surface area contributed by atoms with E-state index in [9.17, 15) is 32.3 Å². The number of carbonyl (C=O) groups is 4. The number of nitrogens with zero attached hydrogens (tertiary/aromatic N) is 1. The maximum Gasteiger partial charge on any atom is 0.293 e. The highest BCUT2D eigenvalue weighted by Gasteiger charge is 2.42. The number of rotatable bonds is 10. The summed E-state index contributed by atoms with van der Waals surface area (Å²) >= 11 is 5.81. The number of likely N-dealkylation sites (N-methyl/N-ethyl adjacent to an activating group) is 1. The second kappa shape index (κ2) is 11.4. The molecule has 0 bridgehead atoms. The molecule has 1 atom stereocenters. The van der Waals surface area contributed by atoms with E-state index >= 15 is 0 Å². The van der Waals surface area contributed by atoms with E-state index in [1.807, 2.05) is 6.92 Å². The van der Waals surface area contributed by atoms with Gasteiger partial charge in [0, 0.05) is 37.3 Å². The second-order valence-electron chi connectivity index (χ2n) is 8.96. The maximum absolute atomic E-state index is 13.5. The molecule has 0 aliphatic carbocycles. The summed E-state index contributed by atoms with van der Waals surface area (Å²) in [5, 5.41) is 6.99. The van der Waals surface area contributed by atoms with Crippen LogP contribution in [0, 0.1) is 12.7 Å². The van der Waals surface area contributed by atoms with Gasteiger partial charge in [-0.3, -0.25) is 28.0 Å². The summed E-state index contributed by atoms with van der Waals surface area (Å²) in [6, 6.07) is 3.51. The molecule has 8 nitrogen and oxygen atoms in total. The van der Waals surface area contributed by atoms with E-state index in [2.05, 4.69) is 16.0 Å². The fourth-order valence-electron chi connectivity index (χ4n) is 4.81. The van der Waals surface area contributed by atoms with Crippen molar-refractivity contribution < 1.29 is 32.3 Å². The maximum atomic E-state index is 13.5. The Kier molecular flexibility index (Phi) is 8.68. The molecule has 200 valence electrons. The van der Waals surface area contributed by atoms with E-state index in [-0.39, 0.29) is 33.6 Å². The van der Waals surface area contributed by atoms with Crippen LogP contribution in [0.25, 0.3) is 0 Å². The van der Waals surface area contributed by atoms with Crippen LogP contribution in [-0.4, -0.2) is 54.0 Å². The summed E-state index contributed by atoms with van der Waals surface area (Å²) in [6.07, 6.45) is -0.0334. The Hall–Kier alpha value is -3.34. The predicted molar refractivity (Wildman–Crippen MR) is 132 cm³/mol. The molecule has 3 rings (SSSR count). The molecule has 0 radical (unpaired) electrons. The van der Waals surface area contributed by atoms with Gasteiger partial charge in [0.05, 0.1) is 23.9 Å². The van der Waals surface area contributed by atoms with Crippen LogP contribution >= 0.6 is 11.6 Å². The van der Waals surface area contributed by atoms with Gasteiger partial charge in [0.15, 0.2) is 0 Å². The van der Waals surface area contributed by atoms with Gasteiger partial charge in [0.2, 0.25) is 5.91 Å². The third-order valence-electron chi connectivity index (χ3n) is 6.67. The zero-order chi connectivity index (χ0) is 27.5. The van der Waals surface area contributed by atoms with Crippen LogP contribution in [0.3, 0.4) is 0 Å². The highest BCUT2D eigenvalue weighted by atomic mass is 35.5. The smallest absolute Gasteiger partial charge is 0.293 e. The minimum atomic E-state index is -1.95. The lowest BCUT2D eigenvalue weighted by Crippen LogP contribution is -2.60. The lowest BCUT2D eigenvalue weighted by atomic mass is 9.90. The fraction of sp³-hybridized carbons (Fsp3) is 0.440. The number of carbonyl (C=O) groups excluding carboxylic acids is 4. The van der Waals surface area contributed by atoms with Crippen molar-refractivity contribution in [3.8, 4) is 0 Å². The van der Waals surface area contributed by atoms with E-state index in [0.29, 0.717) is 18.5 Å². The number of benzene rings is 1. The van der Waals surface area contributed by atoms with Crippen LogP contribution < -0.4 is 16.0 Å². The van der Waals surface area contributed by atoms with Crippen molar-refractivity contribution >= 4 is 40.8 Å². The van der Waals surface area contributed by atoms with Gasteiger partial charge in [-0.05, 0) is 50.5 Å². The number of fused-ring (bicyclic) bond motifs is 1. The summed E-state index contributed by atoms with van der Waals surface area (Å²) in [5.74, 6) is -4.30. The number of hydrogen-bond donors (Lipinski definition) is 3. The minimum absolute atomic E-state index is 0.00422. The first-order chi connectivity index (χ1) is 17.5. The van der Waals surface area contributed by atoms with Crippen molar-refractivity contribution in [1.82, 2.24) is 15.2 Å². The van der Waals surface area contributed by atoms with E-state index < -0.39 is 61.1 Å². The van der Waals surface area contributed by atoms with Crippen LogP contribution in [0.2, 0.25) is 5.02 Å². The Balaban J connectivity index is 1.99. The third kappa shape index (κ3) is 5.36. The molecule has 1 aliphatic heterocycles. The molecular formula is C25H28ClF3N4O4. The van der Waals surface area contributed by atoms with Crippen molar-refractivity contribution in [2.24, 2.45) is 0 Å². The Morgan fingerprint density at radius 2 is 1.81 bits per heavy atom. The van der Waals surface area contributed by atoms with E-state index in [0.717, 1.165) is 6.07 Å². The summed E-state index contributed by atoms with van der Waals surface area (Å²) in [4.78, 5) is 52.1. The van der Waals surface area contributed by atoms with Crippen molar-refractivity contribution in [1.29, 1.82) is 0 Å². The predicted octanol–water partition coefficient (Wildman–Crippen LogP) is 3.85. The van der Waals surface area contributed by atoms with Gasteiger partial charge in [-0.25, -0.2) is 4.39 Å². The van der Waals surface area contributed by atoms with Gasteiger partial charge in [-0.1, -0.05) is 11.6 Å². The molecule has 2 heterocycles.